The van der Waals surface area contributed by atoms with Gasteiger partial charge in [0.2, 0.25) is 0 Å². The molecule has 0 N–H and O–H groups in total. The number of aliphatic imine (C=N–C) groups is 1. The molecule has 4 heteroatoms. The molecule has 0 saturated carbocycles. The third-order valence-electron chi connectivity index (χ3n) is 4.29. The maximum atomic E-state index is 12.5. The van der Waals surface area contributed by atoms with Gasteiger partial charge in [-0.25, -0.2) is 4.99 Å². The topological polar surface area (TPSA) is 32.7 Å². The van der Waals surface area contributed by atoms with Crippen LogP contribution in [0, 0.1) is 0 Å². The molecule has 1 fully saturated rings. The van der Waals surface area contributed by atoms with Gasteiger partial charge in [-0.2, -0.15) is 0 Å². The first-order chi connectivity index (χ1) is 12.3. The molecule has 0 radical (unpaired) electrons. The van der Waals surface area contributed by atoms with Crippen molar-refractivity contribution in [3.63, 3.8) is 0 Å². The normalized spacial score (nSPS) is 15.7. The van der Waals surface area contributed by atoms with E-state index in [4.69, 9.17) is 4.99 Å². The zero-order valence-corrected chi connectivity index (χ0v) is 15.3. The first-order valence-corrected chi connectivity index (χ1v) is 9.91. The molecule has 2 aromatic carbocycles. The SMILES string of the molecule is O=C(CSC(=Nc1ccccc1)N1CCCCCC1)c1ccccc1. The number of thioether (sulfide) groups is 1. The van der Waals surface area contributed by atoms with Crippen LogP contribution in [-0.2, 0) is 0 Å². The van der Waals surface area contributed by atoms with E-state index in [9.17, 15) is 4.79 Å². The number of rotatable bonds is 4. The Morgan fingerprint density at radius 3 is 2.12 bits per heavy atom. The number of carbonyl (C=O) groups excluding carboxylic acids is 1. The Morgan fingerprint density at radius 2 is 1.48 bits per heavy atom. The summed E-state index contributed by atoms with van der Waals surface area (Å²) < 4.78 is 0. The summed E-state index contributed by atoms with van der Waals surface area (Å²) >= 11 is 1.56. The van der Waals surface area contributed by atoms with Gasteiger partial charge in [0.25, 0.3) is 0 Å². The number of hydrogen-bond acceptors (Lipinski definition) is 3. The Labute approximate surface area is 154 Å². The van der Waals surface area contributed by atoms with E-state index in [1.54, 1.807) is 11.8 Å². The number of Topliss-reactive ketones (excluding diaryl/α,β-unsaturated/α-hetero) is 1. The number of amidine groups is 1. The number of para-hydroxylation sites is 1. The smallest absolute Gasteiger partial charge is 0.173 e. The van der Waals surface area contributed by atoms with E-state index in [2.05, 4.69) is 4.90 Å². The second-order valence-electron chi connectivity index (χ2n) is 6.21. The first-order valence-electron chi connectivity index (χ1n) is 8.93. The van der Waals surface area contributed by atoms with Crippen molar-refractivity contribution in [2.75, 3.05) is 18.8 Å². The molecule has 0 bridgehead atoms. The molecule has 3 nitrogen and oxygen atoms in total. The van der Waals surface area contributed by atoms with Gasteiger partial charge >= 0.3 is 0 Å². The molecule has 1 aliphatic heterocycles. The number of hydrogen-bond donors (Lipinski definition) is 0. The van der Waals surface area contributed by atoms with Crippen LogP contribution in [-0.4, -0.2) is 34.7 Å². The zero-order valence-electron chi connectivity index (χ0n) is 14.4. The van der Waals surface area contributed by atoms with E-state index in [1.807, 2.05) is 60.7 Å². The van der Waals surface area contributed by atoms with E-state index in [1.165, 1.54) is 25.7 Å². The summed E-state index contributed by atoms with van der Waals surface area (Å²) in [5, 5.41) is 0.970. The van der Waals surface area contributed by atoms with Crippen molar-refractivity contribution in [1.29, 1.82) is 0 Å². The van der Waals surface area contributed by atoms with Crippen LogP contribution >= 0.6 is 11.8 Å². The van der Waals surface area contributed by atoms with Gasteiger partial charge in [0.1, 0.15) is 0 Å². The summed E-state index contributed by atoms with van der Waals surface area (Å²) in [5.74, 6) is 0.577. The first kappa shape index (κ1) is 17.7. The summed E-state index contributed by atoms with van der Waals surface area (Å²) in [5.41, 5.74) is 1.71. The predicted molar refractivity (Wildman–Crippen MR) is 107 cm³/mol. The molecule has 0 amide bonds. The lowest BCUT2D eigenvalue weighted by Crippen LogP contribution is -2.30. The van der Waals surface area contributed by atoms with Gasteiger partial charge in [-0.3, -0.25) is 4.79 Å². The average molecular weight is 353 g/mol. The van der Waals surface area contributed by atoms with Gasteiger partial charge in [0, 0.05) is 18.7 Å². The van der Waals surface area contributed by atoms with Crippen molar-refractivity contribution in [3.05, 3.63) is 66.2 Å². The van der Waals surface area contributed by atoms with Crippen molar-refractivity contribution in [3.8, 4) is 0 Å². The van der Waals surface area contributed by atoms with Crippen molar-refractivity contribution >= 4 is 28.4 Å². The van der Waals surface area contributed by atoms with Crippen molar-refractivity contribution in [2.45, 2.75) is 25.7 Å². The van der Waals surface area contributed by atoms with Crippen LogP contribution in [0.15, 0.2) is 65.7 Å². The van der Waals surface area contributed by atoms with E-state index in [-0.39, 0.29) is 5.78 Å². The largest absolute Gasteiger partial charge is 0.351 e. The summed E-state index contributed by atoms with van der Waals surface area (Å²) in [6.45, 7) is 2.05. The maximum Gasteiger partial charge on any atom is 0.173 e. The van der Waals surface area contributed by atoms with Gasteiger partial charge in [-0.15, -0.1) is 0 Å². The molecule has 2 aromatic rings. The minimum absolute atomic E-state index is 0.154. The minimum Gasteiger partial charge on any atom is -0.351 e. The summed E-state index contributed by atoms with van der Waals surface area (Å²) in [6, 6.07) is 19.5. The van der Waals surface area contributed by atoms with Gasteiger partial charge in [0.15, 0.2) is 11.0 Å². The Bertz CT molecular complexity index is 692. The average Bonchev–Trinajstić information content (AvgIpc) is 2.96. The molecule has 0 atom stereocenters. The highest BCUT2D eigenvalue weighted by Crippen LogP contribution is 2.21. The predicted octanol–water partition coefficient (Wildman–Crippen LogP) is 5.17. The Kier molecular flexibility index (Phi) is 6.69. The fourth-order valence-corrected chi connectivity index (χ4v) is 3.87. The molecule has 0 spiro atoms. The molecule has 0 unspecified atom stereocenters. The highest BCUT2D eigenvalue weighted by Gasteiger charge is 2.16. The van der Waals surface area contributed by atoms with Gasteiger partial charge in [-0.1, -0.05) is 73.1 Å². The second kappa shape index (κ2) is 9.42. The van der Waals surface area contributed by atoms with E-state index >= 15 is 0 Å². The van der Waals surface area contributed by atoms with E-state index in [0.717, 1.165) is 29.5 Å². The van der Waals surface area contributed by atoms with Crippen LogP contribution in [0.3, 0.4) is 0 Å². The van der Waals surface area contributed by atoms with Crippen LogP contribution in [0.4, 0.5) is 5.69 Å². The number of likely N-dealkylation sites (tertiary alicyclic amines) is 1. The van der Waals surface area contributed by atoms with Crippen molar-refractivity contribution < 1.29 is 4.79 Å². The molecule has 0 aliphatic carbocycles. The highest BCUT2D eigenvalue weighted by molar-refractivity contribution is 8.14. The fraction of sp³-hybridized carbons (Fsp3) is 0.333. The molecule has 1 aliphatic rings. The van der Waals surface area contributed by atoms with Crippen LogP contribution < -0.4 is 0 Å². The highest BCUT2D eigenvalue weighted by atomic mass is 32.2. The van der Waals surface area contributed by atoms with Crippen LogP contribution in [0.2, 0.25) is 0 Å². The maximum absolute atomic E-state index is 12.5. The third kappa shape index (κ3) is 5.46. The lowest BCUT2D eigenvalue weighted by atomic mass is 10.2. The Morgan fingerprint density at radius 1 is 0.880 bits per heavy atom. The van der Waals surface area contributed by atoms with Gasteiger partial charge < -0.3 is 4.90 Å². The molecule has 1 heterocycles. The summed E-state index contributed by atoms with van der Waals surface area (Å²) in [7, 11) is 0. The standard InChI is InChI=1S/C21H24N2OS/c24-20(18-11-5-3-6-12-18)17-25-21(22-19-13-7-4-8-14-19)23-15-9-1-2-10-16-23/h3-8,11-14H,1-2,9-10,15-17H2. The molecule has 130 valence electrons. The fourth-order valence-electron chi connectivity index (χ4n) is 2.91. The quantitative estimate of drug-likeness (QED) is 0.432. The van der Waals surface area contributed by atoms with Crippen molar-refractivity contribution in [2.24, 2.45) is 4.99 Å². The number of carbonyl (C=O) groups is 1. The van der Waals surface area contributed by atoms with Crippen molar-refractivity contribution in [1.82, 2.24) is 4.90 Å². The lowest BCUT2D eigenvalue weighted by molar-refractivity contribution is 0.102. The van der Waals surface area contributed by atoms with E-state index in [0.29, 0.717) is 5.75 Å². The number of benzene rings is 2. The lowest BCUT2D eigenvalue weighted by Gasteiger charge is -2.23. The summed E-state index contributed by atoms with van der Waals surface area (Å²) in [6.07, 6.45) is 4.95. The second-order valence-corrected chi connectivity index (χ2v) is 7.15. The van der Waals surface area contributed by atoms with E-state index < -0.39 is 0 Å². The molecule has 3 rings (SSSR count). The molecule has 25 heavy (non-hydrogen) atoms. The molecular weight excluding hydrogens is 328 g/mol. The Hall–Kier alpha value is -2.07. The Balaban J connectivity index is 1.74. The van der Waals surface area contributed by atoms with Gasteiger partial charge in [-0.05, 0) is 25.0 Å². The molecule has 1 saturated heterocycles. The van der Waals surface area contributed by atoms with Crippen LogP contribution in [0.5, 0.6) is 0 Å². The summed E-state index contributed by atoms with van der Waals surface area (Å²) in [4.78, 5) is 19.7. The zero-order chi connectivity index (χ0) is 17.3. The number of nitrogens with zero attached hydrogens (tertiary/aromatic N) is 2. The minimum atomic E-state index is 0.154. The van der Waals surface area contributed by atoms with Gasteiger partial charge in [0.05, 0.1) is 11.4 Å². The molecule has 0 aromatic heterocycles. The monoisotopic (exact) mass is 352 g/mol. The van der Waals surface area contributed by atoms with Crippen LogP contribution in [0.1, 0.15) is 36.0 Å². The van der Waals surface area contributed by atoms with Crippen LogP contribution in [0.25, 0.3) is 0 Å². The third-order valence-corrected chi connectivity index (χ3v) is 5.30. The molecular formula is C21H24N2OS. The number of ketones is 1.